The van der Waals surface area contributed by atoms with Crippen molar-refractivity contribution in [3.8, 4) is 0 Å². The van der Waals surface area contributed by atoms with Crippen molar-refractivity contribution in [1.82, 2.24) is 0 Å². The van der Waals surface area contributed by atoms with Gasteiger partial charge in [-0.25, -0.2) is 0 Å². The summed E-state index contributed by atoms with van der Waals surface area (Å²) in [5.41, 5.74) is 1.77. The minimum Gasteiger partial charge on any atom is -0.423 e. The predicted molar refractivity (Wildman–Crippen MR) is 58.1 cm³/mol. The molecular formula is C9H13BO2S. The van der Waals surface area contributed by atoms with Crippen LogP contribution in [0.5, 0.6) is 0 Å². The first kappa shape index (κ1) is 10.6. The van der Waals surface area contributed by atoms with Crippen molar-refractivity contribution in [2.24, 2.45) is 0 Å². The Hall–Kier alpha value is -0.445. The molecule has 0 aliphatic heterocycles. The van der Waals surface area contributed by atoms with Crippen molar-refractivity contribution in [3.05, 3.63) is 29.8 Å². The highest BCUT2D eigenvalue weighted by molar-refractivity contribution is 7.98. The van der Waals surface area contributed by atoms with Gasteiger partial charge in [0.2, 0.25) is 0 Å². The number of hydrogen-bond donors (Lipinski definition) is 2. The summed E-state index contributed by atoms with van der Waals surface area (Å²) in [5, 5.41) is 17.7. The molecule has 0 heterocycles. The topological polar surface area (TPSA) is 40.5 Å². The molecule has 0 aromatic heterocycles. The first-order valence-electron chi connectivity index (χ1n) is 4.26. The molecule has 2 nitrogen and oxygen atoms in total. The predicted octanol–water partition coefficient (Wildman–Crippen LogP) is 0.619. The summed E-state index contributed by atoms with van der Waals surface area (Å²) in [4.78, 5) is 0. The van der Waals surface area contributed by atoms with Crippen LogP contribution in [0.3, 0.4) is 0 Å². The molecule has 0 saturated carbocycles. The molecule has 0 unspecified atom stereocenters. The van der Waals surface area contributed by atoms with Gasteiger partial charge in [-0.2, -0.15) is 11.8 Å². The Bertz CT molecular complexity index is 248. The highest BCUT2D eigenvalue weighted by Crippen LogP contribution is 2.09. The number of thioether (sulfide) groups is 1. The Morgan fingerprint density at radius 2 is 1.85 bits per heavy atom. The van der Waals surface area contributed by atoms with Gasteiger partial charge in [0.1, 0.15) is 0 Å². The molecule has 1 aromatic rings. The van der Waals surface area contributed by atoms with E-state index in [9.17, 15) is 0 Å². The molecule has 0 atom stereocenters. The summed E-state index contributed by atoms with van der Waals surface area (Å²) in [6.45, 7) is 2.12. The van der Waals surface area contributed by atoms with Crippen LogP contribution in [-0.4, -0.2) is 22.9 Å². The lowest BCUT2D eigenvalue weighted by Crippen LogP contribution is -2.29. The summed E-state index contributed by atoms with van der Waals surface area (Å²) >= 11 is 1.85. The van der Waals surface area contributed by atoms with Crippen LogP contribution >= 0.6 is 11.8 Å². The summed E-state index contributed by atoms with van der Waals surface area (Å²) in [6, 6.07) is 7.35. The SMILES string of the molecule is CCSCc1ccc(B(O)O)cc1. The van der Waals surface area contributed by atoms with Gasteiger partial charge in [0.15, 0.2) is 0 Å². The van der Waals surface area contributed by atoms with Gasteiger partial charge in [-0.3, -0.25) is 0 Å². The minimum absolute atomic E-state index is 0.547. The summed E-state index contributed by atoms with van der Waals surface area (Å²) < 4.78 is 0. The van der Waals surface area contributed by atoms with Crippen molar-refractivity contribution in [3.63, 3.8) is 0 Å². The Kier molecular flexibility index (Phi) is 4.35. The van der Waals surface area contributed by atoms with Crippen molar-refractivity contribution in [2.75, 3.05) is 5.75 Å². The fraction of sp³-hybridized carbons (Fsp3) is 0.333. The van der Waals surface area contributed by atoms with E-state index in [1.165, 1.54) is 5.56 Å². The number of benzene rings is 1. The Balaban J connectivity index is 2.59. The molecule has 1 rings (SSSR count). The third-order valence-corrected chi connectivity index (χ3v) is 2.70. The van der Waals surface area contributed by atoms with Gasteiger partial charge in [-0.15, -0.1) is 0 Å². The van der Waals surface area contributed by atoms with E-state index in [1.54, 1.807) is 12.1 Å². The fourth-order valence-electron chi connectivity index (χ4n) is 1.01. The lowest BCUT2D eigenvalue weighted by Gasteiger charge is -2.02. The number of rotatable bonds is 4. The van der Waals surface area contributed by atoms with Crippen molar-refractivity contribution >= 4 is 24.3 Å². The maximum absolute atomic E-state index is 8.84. The van der Waals surface area contributed by atoms with Crippen LogP contribution in [0.4, 0.5) is 0 Å². The zero-order valence-corrected chi connectivity index (χ0v) is 8.42. The Labute approximate surface area is 83.1 Å². The monoisotopic (exact) mass is 196 g/mol. The average Bonchev–Trinajstić information content (AvgIpc) is 2.15. The summed E-state index contributed by atoms with van der Waals surface area (Å²) in [6.07, 6.45) is 0. The molecule has 13 heavy (non-hydrogen) atoms. The lowest BCUT2D eigenvalue weighted by molar-refractivity contribution is 0.426. The van der Waals surface area contributed by atoms with Crippen LogP contribution in [-0.2, 0) is 5.75 Å². The maximum Gasteiger partial charge on any atom is 0.488 e. The first-order valence-corrected chi connectivity index (χ1v) is 5.42. The molecule has 0 aliphatic rings. The smallest absolute Gasteiger partial charge is 0.423 e. The van der Waals surface area contributed by atoms with Gasteiger partial charge in [0, 0.05) is 5.75 Å². The third-order valence-electron chi connectivity index (χ3n) is 1.75. The summed E-state index contributed by atoms with van der Waals surface area (Å²) in [7, 11) is -1.35. The van der Waals surface area contributed by atoms with Crippen LogP contribution in [0.1, 0.15) is 12.5 Å². The Morgan fingerprint density at radius 3 is 2.31 bits per heavy atom. The van der Waals surface area contributed by atoms with Gasteiger partial charge in [-0.05, 0) is 16.8 Å². The van der Waals surface area contributed by atoms with E-state index in [1.807, 2.05) is 23.9 Å². The van der Waals surface area contributed by atoms with Crippen LogP contribution in [0.15, 0.2) is 24.3 Å². The third kappa shape index (κ3) is 3.42. The van der Waals surface area contributed by atoms with Crippen molar-refractivity contribution < 1.29 is 10.0 Å². The fourth-order valence-corrected chi connectivity index (χ4v) is 1.64. The second-order valence-electron chi connectivity index (χ2n) is 2.75. The van der Waals surface area contributed by atoms with Crippen LogP contribution in [0, 0.1) is 0 Å². The van der Waals surface area contributed by atoms with Gasteiger partial charge < -0.3 is 10.0 Å². The quantitative estimate of drug-likeness (QED) is 0.693. The maximum atomic E-state index is 8.84. The molecule has 0 bridgehead atoms. The van der Waals surface area contributed by atoms with Gasteiger partial charge >= 0.3 is 7.12 Å². The van der Waals surface area contributed by atoms with E-state index in [0.29, 0.717) is 5.46 Å². The molecule has 4 heteroatoms. The van der Waals surface area contributed by atoms with E-state index < -0.39 is 7.12 Å². The van der Waals surface area contributed by atoms with Crippen LogP contribution in [0.2, 0.25) is 0 Å². The Morgan fingerprint density at radius 1 is 1.23 bits per heavy atom. The van der Waals surface area contributed by atoms with E-state index in [-0.39, 0.29) is 0 Å². The first-order chi connectivity index (χ1) is 6.24. The van der Waals surface area contributed by atoms with Crippen LogP contribution in [0.25, 0.3) is 0 Å². The molecule has 2 N–H and O–H groups in total. The minimum atomic E-state index is -1.35. The van der Waals surface area contributed by atoms with Crippen molar-refractivity contribution in [2.45, 2.75) is 12.7 Å². The van der Waals surface area contributed by atoms with E-state index in [2.05, 4.69) is 6.92 Å². The van der Waals surface area contributed by atoms with E-state index in [0.717, 1.165) is 11.5 Å². The molecule has 0 aliphatic carbocycles. The second kappa shape index (κ2) is 5.32. The molecule has 0 amide bonds. The lowest BCUT2D eigenvalue weighted by atomic mass is 9.80. The highest BCUT2D eigenvalue weighted by Gasteiger charge is 2.09. The van der Waals surface area contributed by atoms with Crippen LogP contribution < -0.4 is 5.46 Å². The number of hydrogen-bond acceptors (Lipinski definition) is 3. The molecule has 0 saturated heterocycles. The largest absolute Gasteiger partial charge is 0.488 e. The van der Waals surface area contributed by atoms with E-state index >= 15 is 0 Å². The molecule has 70 valence electrons. The van der Waals surface area contributed by atoms with Gasteiger partial charge in [0.05, 0.1) is 0 Å². The molecule has 0 fully saturated rings. The molecule has 0 spiro atoms. The standard InChI is InChI=1S/C9H13BO2S/c1-2-13-7-8-3-5-9(6-4-8)10(11)12/h3-6,11-12H,2,7H2,1H3. The normalized spacial score (nSPS) is 10.1. The molecular weight excluding hydrogens is 183 g/mol. The van der Waals surface area contributed by atoms with Crippen molar-refractivity contribution in [1.29, 1.82) is 0 Å². The summed E-state index contributed by atoms with van der Waals surface area (Å²) in [5.74, 6) is 2.09. The van der Waals surface area contributed by atoms with E-state index in [4.69, 9.17) is 10.0 Å². The van der Waals surface area contributed by atoms with Gasteiger partial charge in [-0.1, -0.05) is 31.2 Å². The zero-order chi connectivity index (χ0) is 9.68. The van der Waals surface area contributed by atoms with Gasteiger partial charge in [0.25, 0.3) is 0 Å². The highest BCUT2D eigenvalue weighted by atomic mass is 32.2. The molecule has 1 aromatic carbocycles. The average molecular weight is 196 g/mol. The molecule has 0 radical (unpaired) electrons. The second-order valence-corrected chi connectivity index (χ2v) is 4.03. The zero-order valence-electron chi connectivity index (χ0n) is 7.60.